The maximum absolute atomic E-state index is 12.3. The van der Waals surface area contributed by atoms with Crippen molar-refractivity contribution in [3.05, 3.63) is 48.5 Å². The number of nitrogens with one attached hydrogen (secondary N) is 2. The lowest BCUT2D eigenvalue weighted by Crippen LogP contribution is -2.10. The van der Waals surface area contributed by atoms with Crippen molar-refractivity contribution in [1.82, 2.24) is 0 Å². The van der Waals surface area contributed by atoms with Crippen LogP contribution in [0, 0.1) is 0 Å². The molecular formula is C36H56N4O2. The number of rotatable bonds is 24. The fourth-order valence-electron chi connectivity index (χ4n) is 4.98. The van der Waals surface area contributed by atoms with Gasteiger partial charge in [0.05, 0.1) is 11.4 Å². The van der Waals surface area contributed by atoms with Gasteiger partial charge in [-0.2, -0.15) is 10.2 Å². The van der Waals surface area contributed by atoms with Crippen molar-refractivity contribution in [3.8, 4) is 0 Å². The molecule has 6 heteroatoms. The van der Waals surface area contributed by atoms with Gasteiger partial charge in [0.1, 0.15) is 0 Å². The highest BCUT2D eigenvalue weighted by Gasteiger charge is 2.04. The van der Waals surface area contributed by atoms with Crippen LogP contribution in [-0.4, -0.2) is 11.8 Å². The lowest BCUT2D eigenvalue weighted by molar-refractivity contribution is -0.117. The molecule has 2 rings (SSSR count). The third-order valence-corrected chi connectivity index (χ3v) is 7.60. The molecule has 0 aliphatic carbocycles. The highest BCUT2D eigenvalue weighted by Crippen LogP contribution is 2.22. The smallest absolute Gasteiger partial charge is 0.224 e. The number of carbonyl (C=O) groups is 2. The number of azo groups is 1. The molecule has 0 saturated carbocycles. The molecule has 0 saturated heterocycles. The third-order valence-electron chi connectivity index (χ3n) is 7.60. The van der Waals surface area contributed by atoms with Crippen molar-refractivity contribution in [2.24, 2.45) is 10.2 Å². The average Bonchev–Trinajstić information content (AvgIpc) is 3.00. The van der Waals surface area contributed by atoms with E-state index in [1.165, 1.54) is 89.9 Å². The van der Waals surface area contributed by atoms with E-state index < -0.39 is 0 Å². The number of amides is 2. The second-order valence-corrected chi connectivity index (χ2v) is 11.5. The van der Waals surface area contributed by atoms with Gasteiger partial charge in [0, 0.05) is 24.2 Å². The summed E-state index contributed by atoms with van der Waals surface area (Å²) in [5.41, 5.74) is 2.98. The number of hydrogen-bond acceptors (Lipinski definition) is 4. The Kier molecular flexibility index (Phi) is 19.7. The number of nitrogens with zero attached hydrogens (tertiary/aromatic N) is 2. The monoisotopic (exact) mass is 576 g/mol. The van der Waals surface area contributed by atoms with Crippen LogP contribution < -0.4 is 10.6 Å². The summed E-state index contributed by atoms with van der Waals surface area (Å²) < 4.78 is 0. The second kappa shape index (κ2) is 23.5. The maximum Gasteiger partial charge on any atom is 0.224 e. The molecule has 0 unspecified atom stereocenters. The van der Waals surface area contributed by atoms with Crippen LogP contribution in [-0.2, 0) is 9.59 Å². The zero-order valence-corrected chi connectivity index (χ0v) is 26.5. The first kappa shape index (κ1) is 35.2. The van der Waals surface area contributed by atoms with Crippen LogP contribution in [0.1, 0.15) is 142 Å². The van der Waals surface area contributed by atoms with Gasteiger partial charge in [-0.25, -0.2) is 0 Å². The van der Waals surface area contributed by atoms with Crippen LogP contribution in [0.3, 0.4) is 0 Å². The van der Waals surface area contributed by atoms with Gasteiger partial charge >= 0.3 is 0 Å². The molecule has 0 bridgehead atoms. The fourth-order valence-corrected chi connectivity index (χ4v) is 4.98. The molecule has 0 aliphatic heterocycles. The molecule has 0 spiro atoms. The summed E-state index contributed by atoms with van der Waals surface area (Å²) in [6.45, 7) is 4.49. The maximum atomic E-state index is 12.3. The van der Waals surface area contributed by atoms with Gasteiger partial charge in [-0.05, 0) is 61.4 Å². The standard InChI is InChI=1S/C36H56N4O2/c1-3-5-7-9-11-13-15-17-19-21-35(41)37-31-23-27-33(28-24-31)39-40-34-29-25-32(26-30-34)38-36(42)22-20-18-16-14-12-10-8-6-4-2/h23-30H,3-22H2,1-2H3,(H,37,41)(H,38,42). The molecule has 0 fully saturated rings. The lowest BCUT2D eigenvalue weighted by Gasteiger charge is -2.06. The number of hydrogen-bond donors (Lipinski definition) is 2. The quantitative estimate of drug-likeness (QED) is 0.0962. The molecule has 2 aromatic carbocycles. The molecule has 6 nitrogen and oxygen atoms in total. The molecule has 2 N–H and O–H groups in total. The minimum atomic E-state index is 0.0627. The normalized spacial score (nSPS) is 11.2. The van der Waals surface area contributed by atoms with Crippen molar-refractivity contribution in [3.63, 3.8) is 0 Å². The van der Waals surface area contributed by atoms with Gasteiger partial charge in [0.25, 0.3) is 0 Å². The van der Waals surface area contributed by atoms with Crippen molar-refractivity contribution in [2.75, 3.05) is 10.6 Å². The highest BCUT2D eigenvalue weighted by molar-refractivity contribution is 5.91. The minimum absolute atomic E-state index is 0.0627. The summed E-state index contributed by atoms with van der Waals surface area (Å²) in [5, 5.41) is 14.5. The predicted molar refractivity (Wildman–Crippen MR) is 178 cm³/mol. The Morgan fingerprint density at radius 3 is 1.05 bits per heavy atom. The molecule has 232 valence electrons. The van der Waals surface area contributed by atoms with E-state index in [1.807, 2.05) is 48.5 Å². The van der Waals surface area contributed by atoms with E-state index in [1.54, 1.807) is 0 Å². The van der Waals surface area contributed by atoms with Crippen LogP contribution in [0.15, 0.2) is 58.8 Å². The van der Waals surface area contributed by atoms with E-state index in [0.717, 1.165) is 37.1 Å². The zero-order chi connectivity index (χ0) is 30.1. The lowest BCUT2D eigenvalue weighted by atomic mass is 10.1. The van der Waals surface area contributed by atoms with Gasteiger partial charge in [0.2, 0.25) is 11.8 Å². The molecule has 0 aromatic heterocycles. The molecule has 0 radical (unpaired) electrons. The van der Waals surface area contributed by atoms with Gasteiger partial charge in [-0.1, -0.05) is 117 Å². The molecular weight excluding hydrogens is 520 g/mol. The van der Waals surface area contributed by atoms with Gasteiger partial charge in [0.15, 0.2) is 0 Å². The van der Waals surface area contributed by atoms with Crippen molar-refractivity contribution < 1.29 is 9.59 Å². The van der Waals surface area contributed by atoms with E-state index in [9.17, 15) is 9.59 Å². The molecule has 2 aromatic rings. The topological polar surface area (TPSA) is 82.9 Å². The average molecular weight is 577 g/mol. The minimum Gasteiger partial charge on any atom is -0.326 e. The van der Waals surface area contributed by atoms with Crippen LogP contribution in [0.5, 0.6) is 0 Å². The summed E-state index contributed by atoms with van der Waals surface area (Å²) in [5.74, 6) is 0.125. The Labute approximate surface area is 255 Å². The zero-order valence-electron chi connectivity index (χ0n) is 26.5. The van der Waals surface area contributed by atoms with Crippen molar-refractivity contribution in [2.45, 2.75) is 142 Å². The number of benzene rings is 2. The largest absolute Gasteiger partial charge is 0.326 e. The molecule has 0 heterocycles. The predicted octanol–water partition coefficient (Wildman–Crippen LogP) is 11.8. The summed E-state index contributed by atoms with van der Waals surface area (Å²) >= 11 is 0. The Hall–Kier alpha value is -3.02. The van der Waals surface area contributed by atoms with E-state index >= 15 is 0 Å². The molecule has 2 amide bonds. The van der Waals surface area contributed by atoms with E-state index in [2.05, 4.69) is 34.7 Å². The molecule has 0 atom stereocenters. The Morgan fingerprint density at radius 1 is 0.452 bits per heavy atom. The fraction of sp³-hybridized carbons (Fsp3) is 0.611. The molecule has 0 aliphatic rings. The SMILES string of the molecule is CCCCCCCCCCCC(=O)Nc1ccc(N=Nc2ccc(NC(=O)CCCCCCCCCCC)cc2)cc1. The Balaban J connectivity index is 1.59. The summed E-state index contributed by atoms with van der Waals surface area (Å²) in [7, 11) is 0. The van der Waals surface area contributed by atoms with Gasteiger partial charge in [-0.3, -0.25) is 9.59 Å². The van der Waals surface area contributed by atoms with E-state index in [4.69, 9.17) is 0 Å². The number of unbranched alkanes of at least 4 members (excludes halogenated alkanes) is 16. The number of carbonyl (C=O) groups excluding carboxylic acids is 2. The van der Waals surface area contributed by atoms with Crippen LogP contribution >= 0.6 is 0 Å². The summed E-state index contributed by atoms with van der Waals surface area (Å²) in [6.07, 6.45) is 23.5. The van der Waals surface area contributed by atoms with Gasteiger partial charge in [-0.15, -0.1) is 0 Å². The number of anilines is 2. The summed E-state index contributed by atoms with van der Waals surface area (Å²) in [6, 6.07) is 14.8. The first-order valence-electron chi connectivity index (χ1n) is 16.8. The molecule has 42 heavy (non-hydrogen) atoms. The van der Waals surface area contributed by atoms with Crippen LogP contribution in [0.4, 0.5) is 22.7 Å². The Morgan fingerprint density at radius 2 is 0.738 bits per heavy atom. The first-order chi connectivity index (χ1) is 20.6. The van der Waals surface area contributed by atoms with Crippen molar-refractivity contribution >= 4 is 34.6 Å². The van der Waals surface area contributed by atoms with Crippen LogP contribution in [0.2, 0.25) is 0 Å². The third kappa shape index (κ3) is 17.7. The summed E-state index contributed by atoms with van der Waals surface area (Å²) in [4.78, 5) is 24.5. The van der Waals surface area contributed by atoms with Crippen molar-refractivity contribution in [1.29, 1.82) is 0 Å². The van der Waals surface area contributed by atoms with E-state index in [0.29, 0.717) is 24.2 Å². The van der Waals surface area contributed by atoms with E-state index in [-0.39, 0.29) is 11.8 Å². The van der Waals surface area contributed by atoms with Gasteiger partial charge < -0.3 is 10.6 Å². The highest BCUT2D eigenvalue weighted by atomic mass is 16.2. The van der Waals surface area contributed by atoms with Crippen LogP contribution in [0.25, 0.3) is 0 Å². The first-order valence-corrected chi connectivity index (χ1v) is 16.8. The second-order valence-electron chi connectivity index (χ2n) is 11.5. The Bertz CT molecular complexity index is 921.